The van der Waals surface area contributed by atoms with E-state index >= 15 is 0 Å². The first kappa shape index (κ1) is 22.5. The van der Waals surface area contributed by atoms with Crippen LogP contribution in [-0.2, 0) is 29.0 Å². The van der Waals surface area contributed by atoms with Gasteiger partial charge in [-0.25, -0.2) is 0 Å². The SMILES string of the molecule is CCc1cccc(CC)c1N1CC(C(=O)N(Cc2ccccn2)c2ccccc2O)CC1=O. The number of para-hydroxylation sites is 3. The first-order valence-electron chi connectivity index (χ1n) is 11.4. The second kappa shape index (κ2) is 9.86. The van der Waals surface area contributed by atoms with Gasteiger partial charge >= 0.3 is 0 Å². The number of hydrogen-bond acceptors (Lipinski definition) is 4. The van der Waals surface area contributed by atoms with Gasteiger partial charge in [-0.05, 0) is 48.2 Å². The molecule has 1 aliphatic heterocycles. The molecule has 6 heteroatoms. The number of phenols is 1. The molecule has 0 aliphatic carbocycles. The molecule has 1 aliphatic rings. The predicted molar refractivity (Wildman–Crippen MR) is 129 cm³/mol. The lowest BCUT2D eigenvalue weighted by Gasteiger charge is -2.27. The smallest absolute Gasteiger partial charge is 0.232 e. The van der Waals surface area contributed by atoms with E-state index in [1.165, 1.54) is 0 Å². The number of nitrogens with zero attached hydrogens (tertiary/aromatic N) is 3. The maximum Gasteiger partial charge on any atom is 0.232 e. The van der Waals surface area contributed by atoms with E-state index in [1.54, 1.807) is 40.3 Å². The molecule has 2 amide bonds. The minimum Gasteiger partial charge on any atom is -0.506 e. The molecule has 0 bridgehead atoms. The van der Waals surface area contributed by atoms with Gasteiger partial charge in [0, 0.05) is 24.8 Å². The van der Waals surface area contributed by atoms with Crippen molar-refractivity contribution in [3.63, 3.8) is 0 Å². The Morgan fingerprint density at radius 2 is 1.73 bits per heavy atom. The molecule has 6 nitrogen and oxygen atoms in total. The fourth-order valence-corrected chi connectivity index (χ4v) is 4.50. The Morgan fingerprint density at radius 1 is 1.03 bits per heavy atom. The highest BCUT2D eigenvalue weighted by Gasteiger charge is 2.39. The molecule has 0 radical (unpaired) electrons. The highest BCUT2D eigenvalue weighted by molar-refractivity contribution is 6.05. The summed E-state index contributed by atoms with van der Waals surface area (Å²) in [7, 11) is 0. The van der Waals surface area contributed by atoms with Crippen LogP contribution in [0.15, 0.2) is 66.9 Å². The second-order valence-electron chi connectivity index (χ2n) is 8.27. The number of aromatic nitrogens is 1. The molecule has 1 unspecified atom stereocenters. The Bertz CT molecular complexity index is 1120. The summed E-state index contributed by atoms with van der Waals surface area (Å²) in [6, 6.07) is 18.4. The minimum atomic E-state index is -0.504. The van der Waals surface area contributed by atoms with Crippen molar-refractivity contribution < 1.29 is 14.7 Å². The molecule has 2 aromatic carbocycles. The van der Waals surface area contributed by atoms with Crippen molar-refractivity contribution in [2.24, 2.45) is 5.92 Å². The number of phenolic OH excluding ortho intramolecular Hbond substituents is 1. The third-order valence-corrected chi connectivity index (χ3v) is 6.19. The minimum absolute atomic E-state index is 0.0209. The number of amides is 2. The van der Waals surface area contributed by atoms with Crippen molar-refractivity contribution in [2.75, 3.05) is 16.3 Å². The maximum atomic E-state index is 13.7. The number of carbonyl (C=O) groups is 2. The number of anilines is 2. The van der Waals surface area contributed by atoms with E-state index in [9.17, 15) is 14.7 Å². The summed E-state index contributed by atoms with van der Waals surface area (Å²) >= 11 is 0. The first-order valence-corrected chi connectivity index (χ1v) is 11.4. The highest BCUT2D eigenvalue weighted by Crippen LogP contribution is 2.35. The third-order valence-electron chi connectivity index (χ3n) is 6.19. The zero-order chi connectivity index (χ0) is 23.4. The van der Waals surface area contributed by atoms with Crippen LogP contribution in [0.4, 0.5) is 11.4 Å². The Labute approximate surface area is 194 Å². The van der Waals surface area contributed by atoms with Crippen LogP contribution in [0.25, 0.3) is 0 Å². The average molecular weight is 444 g/mol. The van der Waals surface area contributed by atoms with Crippen LogP contribution >= 0.6 is 0 Å². The van der Waals surface area contributed by atoms with E-state index in [4.69, 9.17) is 0 Å². The van der Waals surface area contributed by atoms with Gasteiger partial charge in [0.15, 0.2) is 0 Å². The molecule has 1 fully saturated rings. The first-order chi connectivity index (χ1) is 16.0. The van der Waals surface area contributed by atoms with Gasteiger partial charge in [-0.3, -0.25) is 14.6 Å². The topological polar surface area (TPSA) is 73.7 Å². The van der Waals surface area contributed by atoms with E-state index in [-0.39, 0.29) is 30.5 Å². The van der Waals surface area contributed by atoms with Gasteiger partial charge in [-0.1, -0.05) is 50.2 Å². The number of carbonyl (C=O) groups excluding carboxylic acids is 2. The standard InChI is InChI=1S/C27H29N3O3/c1-3-19-10-9-11-20(4-2)26(19)30-17-21(16-25(30)32)27(33)29(18-22-12-7-8-15-28-22)23-13-5-6-14-24(23)31/h5-15,21,31H,3-4,16-18H2,1-2H3. The van der Waals surface area contributed by atoms with Crippen LogP contribution in [0, 0.1) is 5.92 Å². The monoisotopic (exact) mass is 443 g/mol. The third kappa shape index (κ3) is 4.60. The summed E-state index contributed by atoms with van der Waals surface area (Å²) in [4.78, 5) is 34.5. The fourth-order valence-electron chi connectivity index (χ4n) is 4.50. The largest absolute Gasteiger partial charge is 0.506 e. The van der Waals surface area contributed by atoms with E-state index in [2.05, 4.69) is 18.8 Å². The van der Waals surface area contributed by atoms with Crippen LogP contribution < -0.4 is 9.80 Å². The molecular formula is C27H29N3O3. The van der Waals surface area contributed by atoms with Gasteiger partial charge in [-0.15, -0.1) is 0 Å². The Kier molecular flexibility index (Phi) is 6.73. The van der Waals surface area contributed by atoms with Crippen molar-refractivity contribution >= 4 is 23.2 Å². The normalized spacial score (nSPS) is 15.6. The predicted octanol–water partition coefficient (Wildman–Crippen LogP) is 4.50. The van der Waals surface area contributed by atoms with E-state index in [0.29, 0.717) is 17.9 Å². The van der Waals surface area contributed by atoms with E-state index in [1.807, 2.05) is 36.4 Å². The fraction of sp³-hybridized carbons (Fsp3) is 0.296. The molecule has 1 N–H and O–H groups in total. The van der Waals surface area contributed by atoms with Gasteiger partial charge in [0.25, 0.3) is 0 Å². The van der Waals surface area contributed by atoms with Gasteiger partial charge in [0.1, 0.15) is 5.75 Å². The zero-order valence-electron chi connectivity index (χ0n) is 19.1. The number of hydrogen-bond donors (Lipinski definition) is 1. The number of aryl methyl sites for hydroxylation is 2. The van der Waals surface area contributed by atoms with Crippen molar-refractivity contribution in [1.29, 1.82) is 0 Å². The summed E-state index contributed by atoms with van der Waals surface area (Å²) < 4.78 is 0. The molecule has 170 valence electrons. The van der Waals surface area contributed by atoms with Crippen LogP contribution in [-0.4, -0.2) is 28.4 Å². The van der Waals surface area contributed by atoms with Crippen LogP contribution in [0.2, 0.25) is 0 Å². The molecule has 0 spiro atoms. The molecule has 1 atom stereocenters. The van der Waals surface area contributed by atoms with Crippen molar-refractivity contribution in [3.8, 4) is 5.75 Å². The molecular weight excluding hydrogens is 414 g/mol. The summed E-state index contributed by atoms with van der Waals surface area (Å²) in [6.07, 6.45) is 3.45. The number of pyridine rings is 1. The highest BCUT2D eigenvalue weighted by atomic mass is 16.3. The van der Waals surface area contributed by atoms with Gasteiger partial charge < -0.3 is 14.9 Å². The molecule has 33 heavy (non-hydrogen) atoms. The molecule has 1 saturated heterocycles. The van der Waals surface area contributed by atoms with Crippen LogP contribution in [0.3, 0.4) is 0 Å². The number of benzene rings is 2. The van der Waals surface area contributed by atoms with Gasteiger partial charge in [0.05, 0.1) is 23.8 Å². The molecule has 4 rings (SSSR count). The summed E-state index contributed by atoms with van der Waals surface area (Å²) in [5, 5.41) is 10.5. The molecule has 0 saturated carbocycles. The number of rotatable bonds is 7. The summed E-state index contributed by atoms with van der Waals surface area (Å²) in [6.45, 7) is 4.70. The Balaban J connectivity index is 1.66. The average Bonchev–Trinajstić information content (AvgIpc) is 3.23. The molecule has 1 aromatic heterocycles. The zero-order valence-corrected chi connectivity index (χ0v) is 19.1. The Morgan fingerprint density at radius 3 is 2.36 bits per heavy atom. The molecule has 2 heterocycles. The van der Waals surface area contributed by atoms with E-state index in [0.717, 1.165) is 29.7 Å². The van der Waals surface area contributed by atoms with Crippen LogP contribution in [0.5, 0.6) is 5.75 Å². The van der Waals surface area contributed by atoms with Crippen molar-refractivity contribution in [3.05, 3.63) is 83.7 Å². The quantitative estimate of drug-likeness (QED) is 0.584. The Hall–Kier alpha value is -3.67. The van der Waals surface area contributed by atoms with E-state index < -0.39 is 5.92 Å². The van der Waals surface area contributed by atoms with Gasteiger partial charge in [-0.2, -0.15) is 0 Å². The van der Waals surface area contributed by atoms with Crippen molar-refractivity contribution in [1.82, 2.24) is 4.98 Å². The lowest BCUT2D eigenvalue weighted by Crippen LogP contribution is -2.37. The number of aromatic hydroxyl groups is 1. The lowest BCUT2D eigenvalue weighted by molar-refractivity contribution is -0.124. The lowest BCUT2D eigenvalue weighted by atomic mass is 10.0. The summed E-state index contributed by atoms with van der Waals surface area (Å²) in [5.74, 6) is -0.716. The molecule has 3 aromatic rings. The maximum absolute atomic E-state index is 13.7. The van der Waals surface area contributed by atoms with Crippen molar-refractivity contribution in [2.45, 2.75) is 39.7 Å². The van der Waals surface area contributed by atoms with Crippen LogP contribution in [0.1, 0.15) is 37.1 Å². The van der Waals surface area contributed by atoms with Gasteiger partial charge in [0.2, 0.25) is 11.8 Å². The summed E-state index contributed by atoms with van der Waals surface area (Å²) in [5.41, 5.74) is 4.30. The second-order valence-corrected chi connectivity index (χ2v) is 8.27.